The van der Waals surface area contributed by atoms with Gasteiger partial charge in [0.25, 0.3) is 6.43 Å². The van der Waals surface area contributed by atoms with E-state index in [1.54, 1.807) is 6.92 Å². The maximum atomic E-state index is 12.7. The van der Waals surface area contributed by atoms with Crippen molar-refractivity contribution in [3.05, 3.63) is 34.1 Å². The summed E-state index contributed by atoms with van der Waals surface area (Å²) in [6.45, 7) is 1.55. The lowest BCUT2D eigenvalue weighted by atomic mass is 10.1. The predicted octanol–water partition coefficient (Wildman–Crippen LogP) is 3.73. The van der Waals surface area contributed by atoms with E-state index >= 15 is 0 Å². The van der Waals surface area contributed by atoms with Crippen molar-refractivity contribution in [1.82, 2.24) is 0 Å². The number of halogens is 4. The van der Waals surface area contributed by atoms with Crippen LogP contribution in [0.5, 0.6) is 0 Å². The van der Waals surface area contributed by atoms with Gasteiger partial charge in [0.2, 0.25) is 0 Å². The largest absolute Gasteiger partial charge is 0.266 e. The number of hydrogen-bond donors (Lipinski definition) is 0. The molecule has 0 unspecified atom stereocenters. The highest BCUT2D eigenvalue weighted by Gasteiger charge is 2.14. The van der Waals surface area contributed by atoms with Crippen LogP contribution in [0.3, 0.4) is 0 Å². The molecule has 0 saturated heterocycles. The minimum Gasteiger partial charge on any atom is -0.206 e. The zero-order valence-electron chi connectivity index (χ0n) is 6.24. The Morgan fingerprint density at radius 2 is 1.92 bits per heavy atom. The standard InChI is InChI=1S/C8H6ClF3/c1-4-2-5(8(11)12)7(10)3-6(4)9/h2-3,8H,1H3. The van der Waals surface area contributed by atoms with Gasteiger partial charge in [0, 0.05) is 5.02 Å². The summed E-state index contributed by atoms with van der Waals surface area (Å²) in [5.41, 5.74) is -0.148. The fourth-order valence-electron chi connectivity index (χ4n) is 0.847. The van der Waals surface area contributed by atoms with Crippen molar-refractivity contribution in [2.75, 3.05) is 0 Å². The number of alkyl halides is 2. The second-order valence-corrected chi connectivity index (χ2v) is 2.83. The van der Waals surface area contributed by atoms with Crippen molar-refractivity contribution in [2.45, 2.75) is 13.3 Å². The van der Waals surface area contributed by atoms with E-state index in [1.165, 1.54) is 0 Å². The third kappa shape index (κ3) is 1.72. The Kier molecular flexibility index (Phi) is 2.62. The second-order valence-electron chi connectivity index (χ2n) is 2.42. The molecule has 1 aromatic rings. The van der Waals surface area contributed by atoms with E-state index in [2.05, 4.69) is 0 Å². The summed E-state index contributed by atoms with van der Waals surface area (Å²) < 4.78 is 36.8. The van der Waals surface area contributed by atoms with E-state index in [4.69, 9.17) is 11.6 Å². The average Bonchev–Trinajstić information content (AvgIpc) is 1.96. The summed E-state index contributed by atoms with van der Waals surface area (Å²) in [7, 11) is 0. The molecule has 0 bridgehead atoms. The van der Waals surface area contributed by atoms with Crippen molar-refractivity contribution >= 4 is 11.6 Å². The van der Waals surface area contributed by atoms with Crippen LogP contribution in [0.15, 0.2) is 12.1 Å². The van der Waals surface area contributed by atoms with Gasteiger partial charge >= 0.3 is 0 Å². The maximum Gasteiger partial charge on any atom is 0.266 e. The Morgan fingerprint density at radius 1 is 1.33 bits per heavy atom. The van der Waals surface area contributed by atoms with E-state index < -0.39 is 17.8 Å². The van der Waals surface area contributed by atoms with Gasteiger partial charge in [-0.15, -0.1) is 0 Å². The fourth-order valence-corrected chi connectivity index (χ4v) is 0.997. The minimum absolute atomic E-state index is 0.164. The number of hydrogen-bond acceptors (Lipinski definition) is 0. The zero-order chi connectivity index (χ0) is 9.30. The molecule has 0 atom stereocenters. The predicted molar refractivity (Wildman–Crippen MR) is 41.1 cm³/mol. The van der Waals surface area contributed by atoms with Crippen LogP contribution in [0.2, 0.25) is 5.02 Å². The zero-order valence-corrected chi connectivity index (χ0v) is 7.00. The molecule has 0 aliphatic rings. The van der Waals surface area contributed by atoms with Crippen LogP contribution in [0.1, 0.15) is 17.6 Å². The topological polar surface area (TPSA) is 0 Å². The SMILES string of the molecule is Cc1cc(C(F)F)c(F)cc1Cl. The quantitative estimate of drug-likeness (QED) is 0.639. The van der Waals surface area contributed by atoms with Crippen molar-refractivity contribution in [1.29, 1.82) is 0 Å². The first kappa shape index (κ1) is 9.39. The van der Waals surface area contributed by atoms with Crippen LogP contribution in [-0.2, 0) is 0 Å². The molecule has 0 nitrogen and oxygen atoms in total. The van der Waals surface area contributed by atoms with Gasteiger partial charge in [-0.3, -0.25) is 0 Å². The normalized spacial score (nSPS) is 10.8. The molecule has 66 valence electrons. The molecule has 0 heterocycles. The lowest BCUT2D eigenvalue weighted by Gasteiger charge is -2.04. The van der Waals surface area contributed by atoms with Crippen molar-refractivity contribution < 1.29 is 13.2 Å². The lowest BCUT2D eigenvalue weighted by molar-refractivity contribution is 0.146. The summed E-state index contributed by atoms with van der Waals surface area (Å²) in [5.74, 6) is -0.958. The summed E-state index contributed by atoms with van der Waals surface area (Å²) in [5, 5.41) is 0.164. The van der Waals surface area contributed by atoms with Crippen LogP contribution in [0.4, 0.5) is 13.2 Å². The Morgan fingerprint density at radius 3 is 2.42 bits per heavy atom. The highest BCUT2D eigenvalue weighted by Crippen LogP contribution is 2.26. The van der Waals surface area contributed by atoms with Gasteiger partial charge in [0.1, 0.15) is 5.82 Å². The second kappa shape index (κ2) is 3.35. The number of aryl methyl sites for hydroxylation is 1. The van der Waals surface area contributed by atoms with E-state index in [-0.39, 0.29) is 5.02 Å². The molecule has 12 heavy (non-hydrogen) atoms. The molecule has 1 aromatic carbocycles. The van der Waals surface area contributed by atoms with Gasteiger partial charge in [-0.1, -0.05) is 11.6 Å². The highest BCUT2D eigenvalue weighted by atomic mass is 35.5. The van der Waals surface area contributed by atoms with E-state index in [0.717, 1.165) is 12.1 Å². The van der Waals surface area contributed by atoms with Crippen LogP contribution < -0.4 is 0 Å². The van der Waals surface area contributed by atoms with E-state index in [0.29, 0.717) is 5.56 Å². The molecule has 0 aromatic heterocycles. The summed E-state index contributed by atoms with van der Waals surface area (Å²) in [6.07, 6.45) is -2.79. The monoisotopic (exact) mass is 194 g/mol. The van der Waals surface area contributed by atoms with Gasteiger partial charge in [-0.25, -0.2) is 13.2 Å². The van der Waals surface area contributed by atoms with Gasteiger partial charge in [0.05, 0.1) is 5.56 Å². The fraction of sp³-hybridized carbons (Fsp3) is 0.250. The van der Waals surface area contributed by atoms with Crippen molar-refractivity contribution in [3.63, 3.8) is 0 Å². The highest BCUT2D eigenvalue weighted by molar-refractivity contribution is 6.31. The first-order valence-electron chi connectivity index (χ1n) is 3.26. The number of rotatable bonds is 1. The molecule has 0 aliphatic heterocycles. The van der Waals surface area contributed by atoms with Crippen molar-refractivity contribution in [3.8, 4) is 0 Å². The molecule has 0 N–H and O–H groups in total. The summed E-state index contributed by atoms with van der Waals surface area (Å²) in [4.78, 5) is 0. The molecule has 0 saturated carbocycles. The van der Waals surface area contributed by atoms with Gasteiger partial charge in [-0.2, -0.15) is 0 Å². The molecule has 0 amide bonds. The molecule has 0 radical (unpaired) electrons. The Bertz CT molecular complexity index is 297. The third-order valence-electron chi connectivity index (χ3n) is 1.51. The molecule has 1 rings (SSSR count). The average molecular weight is 195 g/mol. The molecule has 0 aliphatic carbocycles. The van der Waals surface area contributed by atoms with Crippen LogP contribution in [0.25, 0.3) is 0 Å². The molecular weight excluding hydrogens is 189 g/mol. The first-order chi connectivity index (χ1) is 5.52. The molecule has 4 heteroatoms. The molecular formula is C8H6ClF3. The maximum absolute atomic E-state index is 12.7. The van der Waals surface area contributed by atoms with Gasteiger partial charge < -0.3 is 0 Å². The summed E-state index contributed by atoms with van der Waals surface area (Å²) >= 11 is 5.51. The lowest BCUT2D eigenvalue weighted by Crippen LogP contribution is -1.92. The molecule has 0 fully saturated rings. The van der Waals surface area contributed by atoms with E-state index in [1.807, 2.05) is 0 Å². The van der Waals surface area contributed by atoms with Crippen molar-refractivity contribution in [2.24, 2.45) is 0 Å². The summed E-state index contributed by atoms with van der Waals surface area (Å²) in [6, 6.07) is 1.96. The van der Waals surface area contributed by atoms with Gasteiger partial charge in [-0.05, 0) is 24.6 Å². The third-order valence-corrected chi connectivity index (χ3v) is 1.92. The smallest absolute Gasteiger partial charge is 0.206 e. The van der Waals surface area contributed by atoms with Crippen LogP contribution in [0, 0.1) is 12.7 Å². The van der Waals surface area contributed by atoms with Crippen LogP contribution >= 0.6 is 11.6 Å². The molecule has 0 spiro atoms. The minimum atomic E-state index is -2.79. The Balaban J connectivity index is 3.23. The number of benzene rings is 1. The van der Waals surface area contributed by atoms with Gasteiger partial charge in [0.15, 0.2) is 0 Å². The van der Waals surface area contributed by atoms with Crippen LogP contribution in [-0.4, -0.2) is 0 Å². The first-order valence-corrected chi connectivity index (χ1v) is 3.64. The van der Waals surface area contributed by atoms with E-state index in [9.17, 15) is 13.2 Å². The Labute approximate surface area is 73.0 Å². The Hall–Kier alpha value is -0.700.